The Labute approximate surface area is 382 Å². The van der Waals surface area contributed by atoms with Gasteiger partial charge in [0.1, 0.15) is 6.61 Å². The molecule has 0 heterocycles. The predicted molar refractivity (Wildman–Crippen MR) is 261 cm³/mol. The molecular formula is C52H98NO8P. The zero-order chi connectivity index (χ0) is 45.3. The van der Waals surface area contributed by atoms with Gasteiger partial charge in [-0.25, -0.2) is 4.57 Å². The highest BCUT2D eigenvalue weighted by Crippen LogP contribution is 2.43. The van der Waals surface area contributed by atoms with Gasteiger partial charge < -0.3 is 20.1 Å². The molecule has 0 aliphatic carbocycles. The van der Waals surface area contributed by atoms with E-state index in [1.165, 1.54) is 148 Å². The van der Waals surface area contributed by atoms with Gasteiger partial charge in [0.15, 0.2) is 6.10 Å². The molecule has 9 nitrogen and oxygen atoms in total. The molecule has 0 spiro atoms. The Balaban J connectivity index is 4.06. The molecule has 364 valence electrons. The Morgan fingerprint density at radius 3 is 1.24 bits per heavy atom. The van der Waals surface area contributed by atoms with Gasteiger partial charge in [0.2, 0.25) is 0 Å². The van der Waals surface area contributed by atoms with Crippen molar-refractivity contribution in [2.45, 2.75) is 258 Å². The highest BCUT2D eigenvalue weighted by Gasteiger charge is 2.26. The second kappa shape index (κ2) is 48.7. The zero-order valence-corrected chi connectivity index (χ0v) is 41.3. The molecule has 0 aliphatic heterocycles. The van der Waals surface area contributed by atoms with Crippen LogP contribution in [0.1, 0.15) is 251 Å². The van der Waals surface area contributed by atoms with E-state index in [1.54, 1.807) is 0 Å². The summed E-state index contributed by atoms with van der Waals surface area (Å²) in [7, 11) is -4.38. The number of hydrogen-bond donors (Lipinski definition) is 2. The lowest BCUT2D eigenvalue weighted by Crippen LogP contribution is -2.29. The lowest BCUT2D eigenvalue weighted by Gasteiger charge is -2.19. The molecule has 2 unspecified atom stereocenters. The lowest BCUT2D eigenvalue weighted by molar-refractivity contribution is -0.161. The number of carbonyl (C=O) groups is 2. The SMILES string of the molecule is CCCCCCC/C=C\C/C=C\C/C=C\CCCCCCCCC(=O)OC(COC(=O)CCCCCCCCCCCCCCCCCCCCCC)COP(=O)(O)OCCN. The van der Waals surface area contributed by atoms with Gasteiger partial charge in [-0.1, -0.05) is 224 Å². The summed E-state index contributed by atoms with van der Waals surface area (Å²) in [5, 5.41) is 0. The highest BCUT2D eigenvalue weighted by atomic mass is 31.2. The Morgan fingerprint density at radius 1 is 0.484 bits per heavy atom. The van der Waals surface area contributed by atoms with E-state index in [0.29, 0.717) is 6.42 Å². The molecule has 3 N–H and O–H groups in total. The maximum absolute atomic E-state index is 12.6. The van der Waals surface area contributed by atoms with Crippen LogP contribution in [0.3, 0.4) is 0 Å². The Hall–Kier alpha value is -1.77. The number of rotatable bonds is 49. The summed E-state index contributed by atoms with van der Waals surface area (Å²) in [6, 6.07) is 0. The molecule has 0 aromatic carbocycles. The van der Waals surface area contributed by atoms with Crippen LogP contribution in [-0.4, -0.2) is 49.3 Å². The third kappa shape index (κ3) is 47.7. The molecule has 0 aromatic heterocycles. The number of carbonyl (C=O) groups excluding carboxylic acids is 2. The van der Waals surface area contributed by atoms with Gasteiger partial charge in [-0.05, 0) is 51.4 Å². The first-order valence-corrected chi connectivity index (χ1v) is 27.5. The minimum absolute atomic E-state index is 0.0517. The average Bonchev–Trinajstić information content (AvgIpc) is 3.26. The number of unbranched alkanes of at least 4 members (excludes halogenated alkanes) is 30. The third-order valence-electron chi connectivity index (χ3n) is 11.3. The largest absolute Gasteiger partial charge is 0.472 e. The first kappa shape index (κ1) is 60.2. The minimum Gasteiger partial charge on any atom is -0.462 e. The first-order valence-electron chi connectivity index (χ1n) is 26.0. The Morgan fingerprint density at radius 2 is 0.839 bits per heavy atom. The van der Waals surface area contributed by atoms with E-state index in [1.807, 2.05) is 0 Å². The van der Waals surface area contributed by atoms with Crippen molar-refractivity contribution in [2.75, 3.05) is 26.4 Å². The van der Waals surface area contributed by atoms with Gasteiger partial charge in [-0.3, -0.25) is 18.6 Å². The number of phosphoric acid groups is 1. The van der Waals surface area contributed by atoms with Crippen LogP contribution >= 0.6 is 7.82 Å². The van der Waals surface area contributed by atoms with Crippen molar-refractivity contribution in [1.29, 1.82) is 0 Å². The monoisotopic (exact) mass is 896 g/mol. The third-order valence-corrected chi connectivity index (χ3v) is 12.3. The fraction of sp³-hybridized carbons (Fsp3) is 0.846. The fourth-order valence-corrected chi connectivity index (χ4v) is 8.17. The van der Waals surface area contributed by atoms with E-state index >= 15 is 0 Å². The molecule has 0 aromatic rings. The number of ether oxygens (including phenoxy) is 2. The van der Waals surface area contributed by atoms with Gasteiger partial charge in [0, 0.05) is 19.4 Å². The zero-order valence-electron chi connectivity index (χ0n) is 40.4. The minimum atomic E-state index is -4.38. The normalized spacial score (nSPS) is 13.4. The molecule has 0 saturated heterocycles. The summed E-state index contributed by atoms with van der Waals surface area (Å²) >= 11 is 0. The van der Waals surface area contributed by atoms with E-state index in [4.69, 9.17) is 24.3 Å². The van der Waals surface area contributed by atoms with Crippen LogP contribution in [-0.2, 0) is 32.7 Å². The standard InChI is InChI=1S/C52H98NO8P/c1-3-5-7-9-11-13-15-17-19-21-23-25-27-29-31-33-35-37-39-41-43-45-52(55)61-50(49-60-62(56,57)59-47-46-53)48-58-51(54)44-42-40-38-36-34-32-30-28-26-24-22-20-18-16-14-12-10-8-6-4-2/h15,17,21,23,27,29,50H,3-14,16,18-20,22,24-26,28,30-49,53H2,1-2H3,(H,56,57)/b17-15-,23-21-,29-27-. The summed E-state index contributed by atoms with van der Waals surface area (Å²) in [4.78, 5) is 35.1. The molecule has 0 rings (SSSR count). The summed E-state index contributed by atoms with van der Waals surface area (Å²) in [5.74, 6) is -0.832. The van der Waals surface area contributed by atoms with Crippen LogP contribution in [0.5, 0.6) is 0 Å². The van der Waals surface area contributed by atoms with Gasteiger partial charge in [0.25, 0.3) is 0 Å². The van der Waals surface area contributed by atoms with Crippen molar-refractivity contribution < 1.29 is 37.6 Å². The molecule has 2 atom stereocenters. The van der Waals surface area contributed by atoms with Gasteiger partial charge >= 0.3 is 19.8 Å². The lowest BCUT2D eigenvalue weighted by atomic mass is 10.0. The Bertz CT molecular complexity index is 1110. The van der Waals surface area contributed by atoms with Gasteiger partial charge in [-0.2, -0.15) is 0 Å². The predicted octanol–water partition coefficient (Wildman–Crippen LogP) is 15.7. The smallest absolute Gasteiger partial charge is 0.462 e. The van der Waals surface area contributed by atoms with Crippen molar-refractivity contribution >= 4 is 19.8 Å². The van der Waals surface area contributed by atoms with Gasteiger partial charge in [-0.15, -0.1) is 0 Å². The molecule has 0 aliphatic rings. The number of allylic oxidation sites excluding steroid dienone is 6. The summed E-state index contributed by atoms with van der Waals surface area (Å²) in [5.41, 5.74) is 5.37. The first-order chi connectivity index (χ1) is 30.3. The number of phosphoric ester groups is 1. The van der Waals surface area contributed by atoms with Crippen molar-refractivity contribution in [1.82, 2.24) is 0 Å². The van der Waals surface area contributed by atoms with Crippen molar-refractivity contribution in [3.63, 3.8) is 0 Å². The molecule has 62 heavy (non-hydrogen) atoms. The summed E-state index contributed by atoms with van der Waals surface area (Å²) in [6.07, 6.45) is 56.1. The highest BCUT2D eigenvalue weighted by molar-refractivity contribution is 7.47. The maximum atomic E-state index is 12.6. The van der Waals surface area contributed by atoms with E-state index < -0.39 is 26.5 Å². The van der Waals surface area contributed by atoms with E-state index in [9.17, 15) is 19.0 Å². The summed E-state index contributed by atoms with van der Waals surface area (Å²) < 4.78 is 32.9. The van der Waals surface area contributed by atoms with Crippen molar-refractivity contribution in [2.24, 2.45) is 5.73 Å². The topological polar surface area (TPSA) is 134 Å². The van der Waals surface area contributed by atoms with Crippen LogP contribution in [0.2, 0.25) is 0 Å². The van der Waals surface area contributed by atoms with Crippen LogP contribution in [0.4, 0.5) is 0 Å². The number of hydrogen-bond acceptors (Lipinski definition) is 8. The molecule has 0 fully saturated rings. The summed E-state index contributed by atoms with van der Waals surface area (Å²) in [6.45, 7) is 3.75. The molecule has 0 saturated carbocycles. The van der Waals surface area contributed by atoms with Crippen LogP contribution in [0.25, 0.3) is 0 Å². The molecule has 10 heteroatoms. The molecule has 0 bridgehead atoms. The quantitative estimate of drug-likeness (QED) is 0.0265. The number of nitrogens with two attached hydrogens (primary N) is 1. The van der Waals surface area contributed by atoms with Crippen LogP contribution in [0, 0.1) is 0 Å². The van der Waals surface area contributed by atoms with E-state index in [2.05, 4.69) is 50.3 Å². The average molecular weight is 896 g/mol. The second-order valence-electron chi connectivity index (χ2n) is 17.4. The van der Waals surface area contributed by atoms with Crippen molar-refractivity contribution in [3.8, 4) is 0 Å². The Kier molecular flexibility index (Phi) is 47.3. The second-order valence-corrected chi connectivity index (χ2v) is 18.9. The maximum Gasteiger partial charge on any atom is 0.472 e. The van der Waals surface area contributed by atoms with Crippen LogP contribution < -0.4 is 5.73 Å². The van der Waals surface area contributed by atoms with E-state index in [0.717, 1.165) is 70.6 Å². The fourth-order valence-electron chi connectivity index (χ4n) is 7.41. The number of esters is 2. The van der Waals surface area contributed by atoms with Crippen molar-refractivity contribution in [3.05, 3.63) is 36.5 Å². The molecular weight excluding hydrogens is 798 g/mol. The van der Waals surface area contributed by atoms with Gasteiger partial charge in [0.05, 0.1) is 13.2 Å². The molecule has 0 amide bonds. The van der Waals surface area contributed by atoms with Crippen LogP contribution in [0.15, 0.2) is 36.5 Å². The van der Waals surface area contributed by atoms with E-state index in [-0.39, 0.29) is 38.6 Å². The molecule has 0 radical (unpaired) electrons.